The summed E-state index contributed by atoms with van der Waals surface area (Å²) >= 11 is 0. The predicted molar refractivity (Wildman–Crippen MR) is 65.9 cm³/mol. The fraction of sp³-hybridized carbons (Fsp3) is 1.00. The van der Waals surface area contributed by atoms with Crippen LogP contribution in [0, 0.1) is 0 Å². The van der Waals surface area contributed by atoms with Crippen molar-refractivity contribution in [1.82, 2.24) is 9.80 Å². The Balaban J connectivity index is 1.68. The molecular weight excluding hydrogens is 218 g/mol. The van der Waals surface area contributed by atoms with Gasteiger partial charge >= 0.3 is 0 Å². The molecule has 0 radical (unpaired) electrons. The summed E-state index contributed by atoms with van der Waals surface area (Å²) in [7, 11) is 0. The summed E-state index contributed by atoms with van der Waals surface area (Å²) in [6.07, 6.45) is 2.36. The summed E-state index contributed by atoms with van der Waals surface area (Å²) in [4.78, 5) is 7.75. The van der Waals surface area contributed by atoms with E-state index in [1.165, 1.54) is 12.8 Å². The molecule has 2 fully saturated rings. The zero-order valence-electron chi connectivity index (χ0n) is 10.3. The molecule has 2 heterocycles. The standard InChI is InChI=1S/C11H21N5O/c12-14-13-3-4-15-5-7-16(8-6-15)11-1-9-17-10-2-11/h11H,1-10H2. The molecule has 2 aliphatic rings. The Morgan fingerprint density at radius 1 is 1.18 bits per heavy atom. The number of hydrogen-bond acceptors (Lipinski definition) is 4. The van der Waals surface area contributed by atoms with E-state index in [1.54, 1.807) is 0 Å². The first-order valence-corrected chi connectivity index (χ1v) is 6.45. The van der Waals surface area contributed by atoms with Gasteiger partial charge in [0.15, 0.2) is 0 Å². The molecule has 6 heteroatoms. The average molecular weight is 239 g/mol. The quantitative estimate of drug-likeness (QED) is 0.419. The van der Waals surface area contributed by atoms with E-state index in [0.29, 0.717) is 6.54 Å². The number of nitrogens with zero attached hydrogens (tertiary/aromatic N) is 5. The second kappa shape index (κ2) is 6.81. The van der Waals surface area contributed by atoms with Gasteiger partial charge in [0, 0.05) is 63.4 Å². The molecule has 0 unspecified atom stereocenters. The van der Waals surface area contributed by atoms with Gasteiger partial charge < -0.3 is 9.64 Å². The molecule has 0 atom stereocenters. The molecule has 0 aromatic carbocycles. The highest BCUT2D eigenvalue weighted by Crippen LogP contribution is 2.16. The van der Waals surface area contributed by atoms with Crippen molar-refractivity contribution in [1.29, 1.82) is 0 Å². The van der Waals surface area contributed by atoms with Crippen molar-refractivity contribution in [2.75, 3.05) is 52.5 Å². The summed E-state index contributed by atoms with van der Waals surface area (Å²) < 4.78 is 5.39. The fourth-order valence-electron chi connectivity index (χ4n) is 2.63. The van der Waals surface area contributed by atoms with Crippen molar-refractivity contribution in [3.8, 4) is 0 Å². The van der Waals surface area contributed by atoms with Crippen LogP contribution in [0.25, 0.3) is 10.4 Å². The Morgan fingerprint density at radius 3 is 2.53 bits per heavy atom. The molecule has 0 aromatic rings. The molecule has 0 bridgehead atoms. The maximum atomic E-state index is 8.23. The zero-order chi connectivity index (χ0) is 11.9. The van der Waals surface area contributed by atoms with E-state index >= 15 is 0 Å². The first-order valence-electron chi connectivity index (χ1n) is 6.45. The fourth-order valence-corrected chi connectivity index (χ4v) is 2.63. The van der Waals surface area contributed by atoms with Crippen LogP contribution < -0.4 is 0 Å². The lowest BCUT2D eigenvalue weighted by atomic mass is 10.1. The van der Waals surface area contributed by atoms with Gasteiger partial charge in [-0.15, -0.1) is 0 Å². The van der Waals surface area contributed by atoms with E-state index in [9.17, 15) is 0 Å². The molecule has 2 rings (SSSR count). The Hall–Kier alpha value is -0.810. The molecule has 2 saturated heterocycles. The van der Waals surface area contributed by atoms with Crippen molar-refractivity contribution in [2.24, 2.45) is 5.11 Å². The monoisotopic (exact) mass is 239 g/mol. The average Bonchev–Trinajstić information content (AvgIpc) is 2.41. The third-order valence-corrected chi connectivity index (χ3v) is 3.69. The minimum atomic E-state index is 0.591. The van der Waals surface area contributed by atoms with Crippen LogP contribution in [0.15, 0.2) is 5.11 Å². The van der Waals surface area contributed by atoms with Gasteiger partial charge in [0.25, 0.3) is 0 Å². The lowest BCUT2D eigenvalue weighted by Gasteiger charge is -2.40. The van der Waals surface area contributed by atoms with Crippen LogP contribution >= 0.6 is 0 Å². The van der Waals surface area contributed by atoms with Crippen LogP contribution in [0.1, 0.15) is 12.8 Å². The summed E-state index contributed by atoms with van der Waals surface area (Å²) in [6.45, 7) is 7.79. The van der Waals surface area contributed by atoms with Crippen molar-refractivity contribution in [2.45, 2.75) is 18.9 Å². The maximum Gasteiger partial charge on any atom is 0.0480 e. The van der Waals surface area contributed by atoms with Gasteiger partial charge in [-0.25, -0.2) is 0 Å². The third kappa shape index (κ3) is 3.85. The van der Waals surface area contributed by atoms with E-state index < -0.39 is 0 Å². The minimum absolute atomic E-state index is 0.591. The van der Waals surface area contributed by atoms with Crippen LogP contribution in [-0.4, -0.2) is 68.3 Å². The minimum Gasteiger partial charge on any atom is -0.381 e. The molecule has 0 N–H and O–H groups in total. The number of piperazine rings is 1. The molecular formula is C11H21N5O. The van der Waals surface area contributed by atoms with Crippen molar-refractivity contribution in [3.05, 3.63) is 10.4 Å². The van der Waals surface area contributed by atoms with Gasteiger partial charge in [0.05, 0.1) is 0 Å². The van der Waals surface area contributed by atoms with E-state index in [-0.39, 0.29) is 0 Å². The van der Waals surface area contributed by atoms with Crippen LogP contribution in [0.2, 0.25) is 0 Å². The van der Waals surface area contributed by atoms with Crippen molar-refractivity contribution in [3.63, 3.8) is 0 Å². The first kappa shape index (κ1) is 12.6. The second-order valence-electron chi connectivity index (χ2n) is 4.68. The summed E-state index contributed by atoms with van der Waals surface area (Å²) in [5.74, 6) is 0. The molecule has 96 valence electrons. The highest BCUT2D eigenvalue weighted by Gasteiger charge is 2.24. The maximum absolute atomic E-state index is 8.23. The smallest absolute Gasteiger partial charge is 0.0480 e. The van der Waals surface area contributed by atoms with Gasteiger partial charge in [-0.1, -0.05) is 5.11 Å². The lowest BCUT2D eigenvalue weighted by Crippen LogP contribution is -2.51. The summed E-state index contributed by atoms with van der Waals surface area (Å²) in [5.41, 5.74) is 8.23. The first-order chi connectivity index (χ1) is 8.40. The second-order valence-corrected chi connectivity index (χ2v) is 4.68. The molecule has 6 nitrogen and oxygen atoms in total. The predicted octanol–water partition coefficient (Wildman–Crippen LogP) is 1.09. The molecule has 2 aliphatic heterocycles. The molecule has 0 spiro atoms. The van der Waals surface area contributed by atoms with Gasteiger partial charge in [-0.2, -0.15) is 0 Å². The zero-order valence-corrected chi connectivity index (χ0v) is 10.3. The topological polar surface area (TPSA) is 64.5 Å². The van der Waals surface area contributed by atoms with E-state index in [1.807, 2.05) is 0 Å². The Morgan fingerprint density at radius 2 is 1.88 bits per heavy atom. The summed E-state index contributed by atoms with van der Waals surface area (Å²) in [6, 6.07) is 0.725. The van der Waals surface area contributed by atoms with Crippen LogP contribution in [-0.2, 0) is 4.74 Å². The van der Waals surface area contributed by atoms with Crippen molar-refractivity contribution < 1.29 is 4.74 Å². The highest BCUT2D eigenvalue weighted by atomic mass is 16.5. The van der Waals surface area contributed by atoms with E-state index in [2.05, 4.69) is 19.8 Å². The van der Waals surface area contributed by atoms with E-state index in [4.69, 9.17) is 10.3 Å². The number of rotatable bonds is 4. The molecule has 0 aromatic heterocycles. The molecule has 0 saturated carbocycles. The third-order valence-electron chi connectivity index (χ3n) is 3.69. The molecule has 0 aliphatic carbocycles. The lowest BCUT2D eigenvalue weighted by molar-refractivity contribution is 0.0143. The Labute approximate surface area is 102 Å². The molecule has 0 amide bonds. The van der Waals surface area contributed by atoms with Crippen LogP contribution in [0.5, 0.6) is 0 Å². The number of ether oxygens (including phenoxy) is 1. The van der Waals surface area contributed by atoms with Crippen LogP contribution in [0.3, 0.4) is 0 Å². The van der Waals surface area contributed by atoms with Gasteiger partial charge in [0.2, 0.25) is 0 Å². The number of azide groups is 1. The van der Waals surface area contributed by atoms with Gasteiger partial charge in [0.1, 0.15) is 0 Å². The van der Waals surface area contributed by atoms with Crippen LogP contribution in [0.4, 0.5) is 0 Å². The van der Waals surface area contributed by atoms with Crippen molar-refractivity contribution >= 4 is 0 Å². The van der Waals surface area contributed by atoms with Gasteiger partial charge in [-0.05, 0) is 18.4 Å². The SMILES string of the molecule is [N-]=[N+]=NCCN1CCN(C2CCOCC2)CC1. The van der Waals surface area contributed by atoms with Gasteiger partial charge in [-0.3, -0.25) is 4.90 Å². The molecule has 17 heavy (non-hydrogen) atoms. The summed E-state index contributed by atoms with van der Waals surface area (Å²) in [5, 5.41) is 3.58. The van der Waals surface area contributed by atoms with E-state index in [0.717, 1.165) is 52.0 Å². The highest BCUT2D eigenvalue weighted by molar-refractivity contribution is 4.80. The normalized spacial score (nSPS) is 24.5. The largest absolute Gasteiger partial charge is 0.381 e. The Kier molecular flexibility index (Phi) is 5.07. The number of hydrogen-bond donors (Lipinski definition) is 0. The Bertz CT molecular complexity index is 265.